The maximum absolute atomic E-state index is 11.9. The SMILES string of the molecule is O=S(=O)(NC1CCCNC1)C(F)(F)F. The van der Waals surface area contributed by atoms with Crippen molar-refractivity contribution in [3.8, 4) is 0 Å². The van der Waals surface area contributed by atoms with Crippen molar-refractivity contribution in [3.05, 3.63) is 0 Å². The topological polar surface area (TPSA) is 58.2 Å². The average Bonchev–Trinajstić information content (AvgIpc) is 2.03. The van der Waals surface area contributed by atoms with Crippen LogP contribution in [-0.4, -0.2) is 33.1 Å². The molecule has 0 radical (unpaired) electrons. The minimum atomic E-state index is -5.22. The average molecular weight is 232 g/mol. The minimum Gasteiger partial charge on any atom is -0.315 e. The second kappa shape index (κ2) is 4.03. The number of nitrogens with one attached hydrogen (secondary N) is 2. The lowest BCUT2D eigenvalue weighted by Gasteiger charge is -2.23. The highest BCUT2D eigenvalue weighted by molar-refractivity contribution is 7.90. The molecule has 0 saturated carbocycles. The zero-order valence-electron chi connectivity index (χ0n) is 7.26. The Bertz CT molecular complexity index is 282. The number of hydrogen-bond donors (Lipinski definition) is 2. The summed E-state index contributed by atoms with van der Waals surface area (Å²) in [4.78, 5) is 0. The maximum Gasteiger partial charge on any atom is 0.511 e. The molecule has 1 saturated heterocycles. The third kappa shape index (κ3) is 2.82. The predicted octanol–water partition coefficient (Wildman–Crippen LogP) is 0.178. The van der Waals surface area contributed by atoms with E-state index < -0.39 is 21.6 Å². The molecule has 0 amide bonds. The van der Waals surface area contributed by atoms with Gasteiger partial charge in [0, 0.05) is 12.6 Å². The van der Waals surface area contributed by atoms with Gasteiger partial charge in [-0.05, 0) is 19.4 Å². The molecule has 0 aliphatic carbocycles. The smallest absolute Gasteiger partial charge is 0.315 e. The van der Waals surface area contributed by atoms with Crippen LogP contribution in [0.4, 0.5) is 13.2 Å². The summed E-state index contributed by atoms with van der Waals surface area (Å²) in [7, 11) is -5.19. The number of hydrogen-bond acceptors (Lipinski definition) is 3. The van der Waals surface area contributed by atoms with Crippen LogP contribution >= 0.6 is 0 Å². The molecule has 2 N–H and O–H groups in total. The normalized spacial score (nSPS) is 24.9. The summed E-state index contributed by atoms with van der Waals surface area (Å²) in [6.07, 6.45) is 1.10. The number of halogens is 3. The summed E-state index contributed by atoms with van der Waals surface area (Å²) in [6.45, 7) is 0.958. The number of sulfonamides is 1. The van der Waals surface area contributed by atoms with Gasteiger partial charge in [-0.25, -0.2) is 13.1 Å². The van der Waals surface area contributed by atoms with Crippen LogP contribution in [0, 0.1) is 0 Å². The van der Waals surface area contributed by atoms with E-state index in [4.69, 9.17) is 0 Å². The van der Waals surface area contributed by atoms with E-state index in [1.165, 1.54) is 0 Å². The van der Waals surface area contributed by atoms with Crippen molar-refractivity contribution >= 4 is 10.0 Å². The molecule has 0 aromatic heterocycles. The first-order chi connectivity index (χ1) is 6.33. The molecule has 0 bridgehead atoms. The van der Waals surface area contributed by atoms with Crippen molar-refractivity contribution in [1.82, 2.24) is 10.0 Å². The van der Waals surface area contributed by atoms with Gasteiger partial charge in [0.1, 0.15) is 0 Å². The fourth-order valence-corrected chi connectivity index (χ4v) is 2.01. The Morgan fingerprint density at radius 3 is 2.43 bits per heavy atom. The van der Waals surface area contributed by atoms with Crippen LogP contribution in [0.15, 0.2) is 0 Å². The number of piperidine rings is 1. The van der Waals surface area contributed by atoms with Gasteiger partial charge >= 0.3 is 15.5 Å². The van der Waals surface area contributed by atoms with Crippen molar-refractivity contribution in [2.24, 2.45) is 0 Å². The van der Waals surface area contributed by atoms with E-state index in [0.717, 1.165) is 0 Å². The predicted molar refractivity (Wildman–Crippen MR) is 44.0 cm³/mol. The molecule has 1 fully saturated rings. The molecule has 84 valence electrons. The highest BCUT2D eigenvalue weighted by Gasteiger charge is 2.46. The number of rotatable bonds is 2. The third-order valence-corrected chi connectivity index (χ3v) is 3.18. The van der Waals surface area contributed by atoms with Gasteiger partial charge in [-0.2, -0.15) is 13.2 Å². The largest absolute Gasteiger partial charge is 0.511 e. The first-order valence-electron chi connectivity index (χ1n) is 4.12. The molecule has 0 aromatic carbocycles. The van der Waals surface area contributed by atoms with Crippen LogP contribution in [0.3, 0.4) is 0 Å². The summed E-state index contributed by atoms with van der Waals surface area (Å²) in [6, 6.07) is -0.657. The highest BCUT2D eigenvalue weighted by atomic mass is 32.2. The molecule has 1 aliphatic rings. The zero-order valence-corrected chi connectivity index (χ0v) is 8.08. The van der Waals surface area contributed by atoms with E-state index in [-0.39, 0.29) is 6.54 Å². The molecule has 1 rings (SSSR count). The molecular formula is C6H11F3N2O2S. The summed E-state index contributed by atoms with van der Waals surface area (Å²) >= 11 is 0. The second-order valence-electron chi connectivity index (χ2n) is 3.11. The van der Waals surface area contributed by atoms with Gasteiger partial charge in [-0.3, -0.25) is 0 Å². The molecule has 1 atom stereocenters. The quantitative estimate of drug-likeness (QED) is 0.714. The van der Waals surface area contributed by atoms with E-state index in [9.17, 15) is 21.6 Å². The van der Waals surface area contributed by atoms with Crippen molar-refractivity contribution in [3.63, 3.8) is 0 Å². The van der Waals surface area contributed by atoms with Gasteiger partial charge in [0.25, 0.3) is 0 Å². The van der Waals surface area contributed by atoms with Crippen LogP contribution in [-0.2, 0) is 10.0 Å². The second-order valence-corrected chi connectivity index (χ2v) is 4.82. The Labute approximate surface area is 79.9 Å². The molecule has 0 aromatic rings. The van der Waals surface area contributed by atoms with Gasteiger partial charge in [0.15, 0.2) is 0 Å². The molecule has 1 unspecified atom stereocenters. The van der Waals surface area contributed by atoms with E-state index in [0.29, 0.717) is 19.4 Å². The summed E-state index contributed by atoms with van der Waals surface area (Å²) in [5.74, 6) is 0. The monoisotopic (exact) mass is 232 g/mol. The fourth-order valence-electron chi connectivity index (χ4n) is 1.24. The standard InChI is InChI=1S/C6H11F3N2O2S/c7-6(8,9)14(12,13)11-5-2-1-3-10-4-5/h5,10-11H,1-4H2. The van der Waals surface area contributed by atoms with Crippen LogP contribution < -0.4 is 10.0 Å². The minimum absolute atomic E-state index is 0.245. The zero-order chi connectivity index (χ0) is 10.8. The van der Waals surface area contributed by atoms with E-state index in [1.807, 2.05) is 0 Å². The van der Waals surface area contributed by atoms with Crippen molar-refractivity contribution < 1.29 is 21.6 Å². The third-order valence-electron chi connectivity index (χ3n) is 1.92. The molecule has 0 spiro atoms. The Morgan fingerprint density at radius 1 is 1.36 bits per heavy atom. The van der Waals surface area contributed by atoms with Gasteiger partial charge in [0.2, 0.25) is 0 Å². The molecule has 14 heavy (non-hydrogen) atoms. The van der Waals surface area contributed by atoms with Crippen molar-refractivity contribution in [2.75, 3.05) is 13.1 Å². The molecule has 1 heterocycles. The van der Waals surface area contributed by atoms with E-state index in [1.54, 1.807) is 4.72 Å². The van der Waals surface area contributed by atoms with Crippen LogP contribution in [0.2, 0.25) is 0 Å². The van der Waals surface area contributed by atoms with Gasteiger partial charge in [0.05, 0.1) is 0 Å². The first-order valence-corrected chi connectivity index (χ1v) is 5.60. The lowest BCUT2D eigenvalue weighted by molar-refractivity contribution is -0.0451. The summed E-state index contributed by atoms with van der Waals surface area (Å²) in [5, 5.41) is 2.81. The van der Waals surface area contributed by atoms with Crippen LogP contribution in [0.1, 0.15) is 12.8 Å². The number of alkyl halides is 3. The lowest BCUT2D eigenvalue weighted by atomic mass is 10.1. The van der Waals surface area contributed by atoms with Crippen molar-refractivity contribution in [2.45, 2.75) is 24.4 Å². The molecule has 4 nitrogen and oxygen atoms in total. The molecular weight excluding hydrogens is 221 g/mol. The Kier molecular flexibility index (Phi) is 3.38. The van der Waals surface area contributed by atoms with E-state index in [2.05, 4.69) is 5.32 Å². The maximum atomic E-state index is 11.9. The summed E-state index contributed by atoms with van der Waals surface area (Å²) in [5.41, 5.74) is -5.22. The Balaban J connectivity index is 2.58. The van der Waals surface area contributed by atoms with Crippen LogP contribution in [0.5, 0.6) is 0 Å². The van der Waals surface area contributed by atoms with Gasteiger partial charge in [-0.1, -0.05) is 0 Å². The van der Waals surface area contributed by atoms with Crippen LogP contribution in [0.25, 0.3) is 0 Å². The fraction of sp³-hybridized carbons (Fsp3) is 1.00. The van der Waals surface area contributed by atoms with E-state index >= 15 is 0 Å². The summed E-state index contributed by atoms with van der Waals surface area (Å²) < 4.78 is 58.7. The molecule has 1 aliphatic heterocycles. The Hall–Kier alpha value is -0.340. The lowest BCUT2D eigenvalue weighted by Crippen LogP contribution is -2.49. The Morgan fingerprint density at radius 2 is 2.00 bits per heavy atom. The highest BCUT2D eigenvalue weighted by Crippen LogP contribution is 2.22. The first kappa shape index (κ1) is 11.7. The van der Waals surface area contributed by atoms with Gasteiger partial charge in [-0.15, -0.1) is 0 Å². The van der Waals surface area contributed by atoms with Gasteiger partial charge < -0.3 is 5.32 Å². The molecule has 8 heteroatoms. The van der Waals surface area contributed by atoms with Crippen molar-refractivity contribution in [1.29, 1.82) is 0 Å².